The number of halogens is 3. The number of rotatable bonds is 9. The van der Waals surface area contributed by atoms with E-state index >= 15 is 0 Å². The zero-order valence-electron chi connectivity index (χ0n) is 17.9. The van der Waals surface area contributed by atoms with Crippen LogP contribution in [0.25, 0.3) is 0 Å². The van der Waals surface area contributed by atoms with Crippen molar-refractivity contribution in [1.82, 2.24) is 5.43 Å². The molecule has 10 heteroatoms. The topological polar surface area (TPSA) is 86.2 Å². The maximum atomic E-state index is 12.4. The maximum absolute atomic E-state index is 12.4. The number of hydrogen-bond donors (Lipinski definition) is 1. The molecule has 1 N–H and O–H groups in total. The molecule has 0 aliphatic heterocycles. The maximum Gasteiger partial charge on any atom is 0.343 e. The van der Waals surface area contributed by atoms with Gasteiger partial charge in [-0.3, -0.25) is 4.79 Å². The second-order valence-electron chi connectivity index (χ2n) is 6.69. The molecule has 0 heterocycles. The summed E-state index contributed by atoms with van der Waals surface area (Å²) in [6.45, 7) is 1.87. The van der Waals surface area contributed by atoms with Crippen LogP contribution in [0, 0.1) is 0 Å². The molecule has 1 amide bonds. The number of nitrogens with one attached hydrogen (secondary N) is 1. The molecule has 0 aromatic heterocycles. The van der Waals surface area contributed by atoms with Gasteiger partial charge in [-0.05, 0) is 73.2 Å². The fourth-order valence-corrected chi connectivity index (χ4v) is 3.24. The van der Waals surface area contributed by atoms with E-state index in [9.17, 15) is 9.59 Å². The Morgan fingerprint density at radius 2 is 1.59 bits per heavy atom. The van der Waals surface area contributed by atoms with Gasteiger partial charge in [0.05, 0.1) is 23.4 Å². The van der Waals surface area contributed by atoms with Gasteiger partial charge in [-0.25, -0.2) is 10.2 Å². The van der Waals surface area contributed by atoms with Crippen LogP contribution in [0.2, 0.25) is 15.1 Å². The minimum absolute atomic E-state index is 0.247. The van der Waals surface area contributed by atoms with Gasteiger partial charge in [0.2, 0.25) is 0 Å². The van der Waals surface area contributed by atoms with Crippen LogP contribution in [0.3, 0.4) is 0 Å². The van der Waals surface area contributed by atoms with Crippen LogP contribution in [-0.4, -0.2) is 31.3 Å². The van der Waals surface area contributed by atoms with Gasteiger partial charge < -0.3 is 14.2 Å². The Labute approximate surface area is 211 Å². The smallest absolute Gasteiger partial charge is 0.343 e. The summed E-state index contributed by atoms with van der Waals surface area (Å²) in [6.07, 6.45) is 1.42. The molecule has 0 saturated heterocycles. The number of benzene rings is 3. The first kappa shape index (κ1) is 25.4. The highest BCUT2D eigenvalue weighted by Crippen LogP contribution is 2.29. The third-order valence-electron chi connectivity index (χ3n) is 4.21. The van der Waals surface area contributed by atoms with E-state index in [-0.39, 0.29) is 12.4 Å². The van der Waals surface area contributed by atoms with E-state index in [1.165, 1.54) is 12.3 Å². The van der Waals surface area contributed by atoms with Crippen LogP contribution in [0.5, 0.6) is 17.2 Å². The highest BCUT2D eigenvalue weighted by atomic mass is 35.5. The molecule has 0 atom stereocenters. The molecule has 7 nitrogen and oxygen atoms in total. The number of carbonyl (C=O) groups excluding carboxylic acids is 2. The molecule has 0 saturated carbocycles. The first-order valence-electron chi connectivity index (χ1n) is 10.00. The Morgan fingerprint density at radius 3 is 2.29 bits per heavy atom. The summed E-state index contributed by atoms with van der Waals surface area (Å²) in [5.41, 5.74) is 3.31. The summed E-state index contributed by atoms with van der Waals surface area (Å²) < 4.78 is 16.4. The van der Waals surface area contributed by atoms with Gasteiger partial charge in [0.15, 0.2) is 18.1 Å². The predicted molar refractivity (Wildman–Crippen MR) is 132 cm³/mol. The molecule has 0 aliphatic carbocycles. The normalized spacial score (nSPS) is 10.7. The largest absolute Gasteiger partial charge is 0.490 e. The lowest BCUT2D eigenvalue weighted by atomic mass is 10.2. The second-order valence-corrected chi connectivity index (χ2v) is 7.97. The molecule has 3 aromatic carbocycles. The SMILES string of the molecule is CCOc1cc(/C=N/NC(=O)COc2ccc(Cl)cc2Cl)ccc1OC(=O)c1ccc(Cl)cc1. The monoisotopic (exact) mass is 520 g/mol. The van der Waals surface area contributed by atoms with Crippen LogP contribution < -0.4 is 19.6 Å². The van der Waals surface area contributed by atoms with Crippen molar-refractivity contribution in [2.24, 2.45) is 5.10 Å². The van der Waals surface area contributed by atoms with Crippen LogP contribution >= 0.6 is 34.8 Å². The number of ether oxygens (including phenoxy) is 3. The second kappa shape index (κ2) is 12.3. The minimum atomic E-state index is -0.549. The number of amides is 1. The minimum Gasteiger partial charge on any atom is -0.490 e. The van der Waals surface area contributed by atoms with Crippen molar-refractivity contribution in [3.8, 4) is 17.2 Å². The lowest BCUT2D eigenvalue weighted by molar-refractivity contribution is -0.123. The van der Waals surface area contributed by atoms with E-state index in [1.54, 1.807) is 61.5 Å². The van der Waals surface area contributed by atoms with Crippen LogP contribution in [-0.2, 0) is 4.79 Å². The molecule has 3 rings (SSSR count). The van der Waals surface area contributed by atoms with E-state index in [0.29, 0.717) is 44.3 Å². The van der Waals surface area contributed by atoms with Crippen molar-refractivity contribution < 1.29 is 23.8 Å². The first-order valence-corrected chi connectivity index (χ1v) is 11.1. The van der Waals surface area contributed by atoms with Crippen LogP contribution in [0.15, 0.2) is 65.8 Å². The molecule has 0 radical (unpaired) electrons. The number of carbonyl (C=O) groups is 2. The highest BCUT2D eigenvalue weighted by Gasteiger charge is 2.13. The van der Waals surface area contributed by atoms with E-state index < -0.39 is 11.9 Å². The standard InChI is InChI=1S/C24H19Cl3N2O5/c1-2-32-22-11-15(3-9-21(22)34-24(31)16-4-6-17(25)7-5-16)13-28-29-23(30)14-33-20-10-8-18(26)12-19(20)27/h3-13H,2,14H2,1H3,(H,29,30)/b28-13+. The fourth-order valence-electron chi connectivity index (χ4n) is 2.65. The van der Waals surface area contributed by atoms with Crippen molar-refractivity contribution >= 4 is 52.9 Å². The Balaban J connectivity index is 1.59. The van der Waals surface area contributed by atoms with Crippen molar-refractivity contribution in [2.45, 2.75) is 6.92 Å². The summed E-state index contributed by atoms with van der Waals surface area (Å²) in [4.78, 5) is 24.4. The average molecular weight is 522 g/mol. The van der Waals surface area contributed by atoms with Gasteiger partial charge in [0.25, 0.3) is 5.91 Å². The lowest BCUT2D eigenvalue weighted by Crippen LogP contribution is -2.24. The Bertz CT molecular complexity index is 1200. The quantitative estimate of drug-likeness (QED) is 0.167. The highest BCUT2D eigenvalue weighted by molar-refractivity contribution is 6.35. The fraction of sp³-hybridized carbons (Fsp3) is 0.125. The molecule has 0 unspecified atom stereocenters. The molecule has 34 heavy (non-hydrogen) atoms. The number of esters is 1. The van der Waals surface area contributed by atoms with E-state index in [2.05, 4.69) is 10.5 Å². The van der Waals surface area contributed by atoms with Gasteiger partial charge in [-0.2, -0.15) is 5.10 Å². The van der Waals surface area contributed by atoms with Gasteiger partial charge in [-0.15, -0.1) is 0 Å². The van der Waals surface area contributed by atoms with Crippen molar-refractivity contribution in [3.05, 3.63) is 86.9 Å². The van der Waals surface area contributed by atoms with Gasteiger partial charge >= 0.3 is 5.97 Å². The van der Waals surface area contributed by atoms with Crippen molar-refractivity contribution in [3.63, 3.8) is 0 Å². The summed E-state index contributed by atoms with van der Waals surface area (Å²) >= 11 is 17.7. The zero-order chi connectivity index (χ0) is 24.5. The summed E-state index contributed by atoms with van der Waals surface area (Å²) in [6, 6.07) is 15.9. The van der Waals surface area contributed by atoms with Crippen molar-refractivity contribution in [2.75, 3.05) is 13.2 Å². The molecule has 0 fully saturated rings. The Kier molecular flexibility index (Phi) is 9.16. The zero-order valence-corrected chi connectivity index (χ0v) is 20.2. The van der Waals surface area contributed by atoms with Crippen molar-refractivity contribution in [1.29, 1.82) is 0 Å². The van der Waals surface area contributed by atoms with Gasteiger partial charge in [0, 0.05) is 10.0 Å². The first-order chi connectivity index (χ1) is 16.4. The van der Waals surface area contributed by atoms with Gasteiger partial charge in [0.1, 0.15) is 5.75 Å². The molecular weight excluding hydrogens is 503 g/mol. The van der Waals surface area contributed by atoms with E-state index in [0.717, 1.165) is 0 Å². The van der Waals surface area contributed by atoms with E-state index in [4.69, 9.17) is 49.0 Å². The summed E-state index contributed by atoms with van der Waals surface area (Å²) in [5, 5.41) is 5.18. The predicted octanol–water partition coefficient (Wildman–Crippen LogP) is 5.79. The number of hydrogen-bond acceptors (Lipinski definition) is 6. The average Bonchev–Trinajstić information content (AvgIpc) is 2.80. The molecule has 0 bridgehead atoms. The molecule has 176 valence electrons. The molecular formula is C24H19Cl3N2O5. The Hall–Kier alpha value is -3.26. The third-order valence-corrected chi connectivity index (χ3v) is 4.99. The van der Waals surface area contributed by atoms with Crippen LogP contribution in [0.1, 0.15) is 22.8 Å². The van der Waals surface area contributed by atoms with Crippen LogP contribution in [0.4, 0.5) is 0 Å². The van der Waals surface area contributed by atoms with E-state index in [1.807, 2.05) is 0 Å². The summed E-state index contributed by atoms with van der Waals surface area (Å²) in [7, 11) is 0. The summed E-state index contributed by atoms with van der Waals surface area (Å²) in [5.74, 6) is -0.111. The molecule has 3 aromatic rings. The lowest BCUT2D eigenvalue weighted by Gasteiger charge is -2.11. The molecule has 0 aliphatic rings. The third kappa shape index (κ3) is 7.38. The van der Waals surface area contributed by atoms with Gasteiger partial charge in [-0.1, -0.05) is 34.8 Å². The number of nitrogens with zero attached hydrogens (tertiary/aromatic N) is 1. The Morgan fingerprint density at radius 1 is 0.882 bits per heavy atom. The molecule has 0 spiro atoms. The number of hydrazone groups is 1.